The molecular formula is C12H15N3O3. The van der Waals surface area contributed by atoms with Crippen LogP contribution < -0.4 is 15.2 Å². The summed E-state index contributed by atoms with van der Waals surface area (Å²) in [6, 6.07) is 5.48. The maximum absolute atomic E-state index is 5.44. The van der Waals surface area contributed by atoms with Gasteiger partial charge in [0.15, 0.2) is 17.3 Å². The van der Waals surface area contributed by atoms with Gasteiger partial charge in [0.1, 0.15) is 0 Å². The third-order valence-electron chi connectivity index (χ3n) is 2.47. The van der Waals surface area contributed by atoms with Crippen molar-refractivity contribution >= 4 is 0 Å². The van der Waals surface area contributed by atoms with E-state index in [9.17, 15) is 0 Å². The molecule has 0 bridgehead atoms. The Bertz CT molecular complexity index is 525. The van der Waals surface area contributed by atoms with Gasteiger partial charge in [-0.1, -0.05) is 11.2 Å². The Hall–Kier alpha value is -2.08. The van der Waals surface area contributed by atoms with Crippen LogP contribution in [0, 0.1) is 0 Å². The number of hydrogen-bond donors (Lipinski definition) is 1. The van der Waals surface area contributed by atoms with Gasteiger partial charge < -0.3 is 19.7 Å². The monoisotopic (exact) mass is 249 g/mol. The predicted octanol–water partition coefficient (Wildman–Crippen LogP) is 1.25. The lowest BCUT2D eigenvalue weighted by molar-refractivity contribution is 0.353. The number of rotatable bonds is 5. The normalized spacial score (nSPS) is 10.4. The molecule has 0 aliphatic rings. The van der Waals surface area contributed by atoms with Gasteiger partial charge in [-0.3, -0.25) is 0 Å². The summed E-state index contributed by atoms with van der Waals surface area (Å²) in [5, 5.41) is 3.85. The smallest absolute Gasteiger partial charge is 0.261 e. The third kappa shape index (κ3) is 2.28. The van der Waals surface area contributed by atoms with E-state index in [4.69, 9.17) is 19.7 Å². The summed E-state index contributed by atoms with van der Waals surface area (Å²) in [6.07, 6.45) is 0.579. The first-order valence-electron chi connectivity index (χ1n) is 5.54. The van der Waals surface area contributed by atoms with Crippen molar-refractivity contribution in [3.63, 3.8) is 0 Å². The molecule has 0 saturated heterocycles. The van der Waals surface area contributed by atoms with Gasteiger partial charge in [-0.05, 0) is 18.7 Å². The molecule has 0 radical (unpaired) electrons. The van der Waals surface area contributed by atoms with Crippen LogP contribution in [0.1, 0.15) is 5.82 Å². The predicted molar refractivity (Wildman–Crippen MR) is 65.6 cm³/mol. The van der Waals surface area contributed by atoms with Crippen LogP contribution in [0.5, 0.6) is 11.5 Å². The van der Waals surface area contributed by atoms with Gasteiger partial charge >= 0.3 is 0 Å². The molecule has 0 saturated carbocycles. The van der Waals surface area contributed by atoms with Crippen molar-refractivity contribution in [3.05, 3.63) is 24.0 Å². The first kappa shape index (κ1) is 12.4. The van der Waals surface area contributed by atoms with Gasteiger partial charge in [0.25, 0.3) is 5.89 Å². The van der Waals surface area contributed by atoms with E-state index < -0.39 is 0 Å². The highest BCUT2D eigenvalue weighted by atomic mass is 16.5. The standard InChI is InChI=1S/C12H15N3O3/c1-16-9-5-3-4-8(11(9)17-2)12-14-10(6-7-13)15-18-12/h3-5H,6-7,13H2,1-2H3. The fraction of sp³-hybridized carbons (Fsp3) is 0.333. The Morgan fingerprint density at radius 3 is 2.78 bits per heavy atom. The molecule has 0 amide bonds. The highest BCUT2D eigenvalue weighted by Gasteiger charge is 2.16. The van der Waals surface area contributed by atoms with E-state index in [0.717, 1.165) is 0 Å². The van der Waals surface area contributed by atoms with E-state index in [-0.39, 0.29) is 0 Å². The van der Waals surface area contributed by atoms with E-state index in [2.05, 4.69) is 10.1 Å². The number of nitrogens with zero attached hydrogens (tertiary/aromatic N) is 2. The number of hydrogen-bond acceptors (Lipinski definition) is 6. The molecule has 0 aliphatic carbocycles. The largest absolute Gasteiger partial charge is 0.493 e. The van der Waals surface area contributed by atoms with Crippen molar-refractivity contribution in [1.29, 1.82) is 0 Å². The summed E-state index contributed by atoms with van der Waals surface area (Å²) >= 11 is 0. The Morgan fingerprint density at radius 2 is 2.11 bits per heavy atom. The summed E-state index contributed by atoms with van der Waals surface area (Å²) in [7, 11) is 3.15. The second kappa shape index (κ2) is 5.50. The van der Waals surface area contributed by atoms with Crippen LogP contribution in [0.4, 0.5) is 0 Å². The van der Waals surface area contributed by atoms with E-state index in [1.54, 1.807) is 20.3 Å². The summed E-state index contributed by atoms with van der Waals surface area (Å²) < 4.78 is 15.7. The molecule has 2 N–H and O–H groups in total. The van der Waals surface area contributed by atoms with Gasteiger partial charge in [0.2, 0.25) is 0 Å². The van der Waals surface area contributed by atoms with E-state index in [1.807, 2.05) is 12.1 Å². The number of aromatic nitrogens is 2. The quantitative estimate of drug-likeness (QED) is 0.858. The van der Waals surface area contributed by atoms with E-state index >= 15 is 0 Å². The second-order valence-electron chi connectivity index (χ2n) is 3.60. The maximum Gasteiger partial charge on any atom is 0.261 e. The van der Waals surface area contributed by atoms with Crippen molar-refractivity contribution in [2.75, 3.05) is 20.8 Å². The number of nitrogens with two attached hydrogens (primary N) is 1. The summed E-state index contributed by atoms with van der Waals surface area (Å²) in [4.78, 5) is 4.26. The molecule has 1 aromatic heterocycles. The first-order valence-corrected chi connectivity index (χ1v) is 5.54. The summed E-state index contributed by atoms with van der Waals surface area (Å²) in [5.74, 6) is 2.17. The lowest BCUT2D eigenvalue weighted by Gasteiger charge is -2.09. The number of methoxy groups -OCH3 is 2. The molecule has 2 aromatic rings. The highest BCUT2D eigenvalue weighted by molar-refractivity contribution is 5.67. The van der Waals surface area contributed by atoms with Gasteiger partial charge in [0.05, 0.1) is 19.8 Å². The Labute approximate surface area is 105 Å². The van der Waals surface area contributed by atoms with Gasteiger partial charge in [-0.2, -0.15) is 4.98 Å². The van der Waals surface area contributed by atoms with E-state index in [1.165, 1.54) is 0 Å². The second-order valence-corrected chi connectivity index (χ2v) is 3.60. The first-order chi connectivity index (χ1) is 8.80. The zero-order chi connectivity index (χ0) is 13.0. The van der Waals surface area contributed by atoms with Crippen LogP contribution in [0.2, 0.25) is 0 Å². The van der Waals surface area contributed by atoms with Crippen LogP contribution in [0.3, 0.4) is 0 Å². The minimum atomic E-state index is 0.397. The Morgan fingerprint density at radius 1 is 1.28 bits per heavy atom. The molecule has 6 nitrogen and oxygen atoms in total. The van der Waals surface area contributed by atoms with Crippen LogP contribution in [-0.4, -0.2) is 30.9 Å². The number of benzene rings is 1. The maximum atomic E-state index is 5.44. The average molecular weight is 249 g/mol. The van der Waals surface area contributed by atoms with Crippen LogP contribution in [-0.2, 0) is 6.42 Å². The molecule has 18 heavy (non-hydrogen) atoms. The van der Waals surface area contributed by atoms with Crippen molar-refractivity contribution in [2.24, 2.45) is 5.73 Å². The highest BCUT2D eigenvalue weighted by Crippen LogP contribution is 2.36. The van der Waals surface area contributed by atoms with Gasteiger partial charge in [-0.25, -0.2) is 0 Å². The topological polar surface area (TPSA) is 83.4 Å². The number of para-hydroxylation sites is 1. The molecule has 0 atom stereocenters. The molecule has 2 rings (SSSR count). The van der Waals surface area contributed by atoms with Crippen molar-refractivity contribution in [3.8, 4) is 23.0 Å². The minimum Gasteiger partial charge on any atom is -0.493 e. The molecule has 1 heterocycles. The SMILES string of the molecule is COc1cccc(-c2nc(CCN)no2)c1OC. The lowest BCUT2D eigenvalue weighted by atomic mass is 10.2. The van der Waals surface area contributed by atoms with E-state index in [0.29, 0.717) is 41.7 Å². The molecule has 0 unspecified atom stereocenters. The zero-order valence-electron chi connectivity index (χ0n) is 10.3. The van der Waals surface area contributed by atoms with Crippen LogP contribution in [0.15, 0.2) is 22.7 Å². The lowest BCUT2D eigenvalue weighted by Crippen LogP contribution is -2.03. The Kier molecular flexibility index (Phi) is 3.78. The molecule has 0 fully saturated rings. The summed E-state index contributed by atoms with van der Waals surface area (Å²) in [6.45, 7) is 0.480. The minimum absolute atomic E-state index is 0.397. The van der Waals surface area contributed by atoms with Crippen molar-refractivity contribution in [1.82, 2.24) is 10.1 Å². The molecule has 6 heteroatoms. The average Bonchev–Trinajstić information content (AvgIpc) is 2.86. The third-order valence-corrected chi connectivity index (χ3v) is 2.47. The molecular weight excluding hydrogens is 234 g/mol. The molecule has 0 spiro atoms. The van der Waals surface area contributed by atoms with Gasteiger partial charge in [-0.15, -0.1) is 0 Å². The van der Waals surface area contributed by atoms with Crippen LogP contribution >= 0.6 is 0 Å². The molecule has 96 valence electrons. The van der Waals surface area contributed by atoms with Crippen molar-refractivity contribution in [2.45, 2.75) is 6.42 Å². The van der Waals surface area contributed by atoms with Crippen LogP contribution in [0.25, 0.3) is 11.5 Å². The van der Waals surface area contributed by atoms with Crippen molar-refractivity contribution < 1.29 is 14.0 Å². The Balaban J connectivity index is 2.42. The molecule has 1 aromatic carbocycles. The van der Waals surface area contributed by atoms with Gasteiger partial charge in [0, 0.05) is 6.42 Å². The fourth-order valence-electron chi connectivity index (χ4n) is 1.65. The number of ether oxygens (including phenoxy) is 2. The summed E-state index contributed by atoms with van der Waals surface area (Å²) in [5.41, 5.74) is 6.15. The zero-order valence-corrected chi connectivity index (χ0v) is 10.3. The molecule has 0 aliphatic heterocycles. The fourth-order valence-corrected chi connectivity index (χ4v) is 1.65.